The van der Waals surface area contributed by atoms with Crippen molar-refractivity contribution in [3.63, 3.8) is 0 Å². The van der Waals surface area contributed by atoms with E-state index in [4.69, 9.17) is 27.9 Å². The van der Waals surface area contributed by atoms with Gasteiger partial charge in [-0.1, -0.05) is 212 Å². The molecule has 0 saturated carbocycles. The van der Waals surface area contributed by atoms with Crippen LogP contribution >= 0.6 is 23.2 Å². The lowest BCUT2D eigenvalue weighted by Gasteiger charge is -2.26. The summed E-state index contributed by atoms with van der Waals surface area (Å²) in [5.41, 5.74) is 14.5. The molecule has 4 N–H and O–H groups in total. The summed E-state index contributed by atoms with van der Waals surface area (Å²) in [6.07, 6.45) is 3.68. The molecular formula is C107H111Cl2N11O16S5. The molecule has 2 aromatic heterocycles. The molecule has 0 atom stereocenters. The van der Waals surface area contributed by atoms with Crippen LogP contribution in [0.4, 0.5) is 51.2 Å². The summed E-state index contributed by atoms with van der Waals surface area (Å²) >= 11 is 12.0. The fraction of sp³-hybridized carbons (Fsp3) is 0.187. The SMILES string of the molecule is CCCOC(=O)CN(c1cc(C)ccc1C)S(=O)(=O)c1ccccc1.Cc1ccc(C)c(N(CC(=O)Nc2ccc(C)nc2)S(=O)(=O)c2ccccc2)c1.Cc1ccc(C)c(N(CC(=O)Nc2ccccc2C)S(=O)(=O)c2ccccc2)c1.Cc1ccc(C)c(N(CC(=O)Nc2ccccc2Cl)S(=O)(=O)c2ccccc2)c1.Cc1ccc(C)c(N(CC(=O)Nc2ccnc(Cl)c2)S(=O)(=O)c2ccccc2)c1. The van der Waals surface area contributed by atoms with Crippen LogP contribution in [0.5, 0.6) is 0 Å². The number of benzene rings is 12. The van der Waals surface area contributed by atoms with E-state index in [1.54, 1.807) is 176 Å². The van der Waals surface area contributed by atoms with Gasteiger partial charge in [0.2, 0.25) is 23.6 Å². The van der Waals surface area contributed by atoms with E-state index in [2.05, 4.69) is 31.2 Å². The fourth-order valence-corrected chi connectivity index (χ4v) is 21.9. The first-order valence-corrected chi connectivity index (χ1v) is 52.4. The summed E-state index contributed by atoms with van der Waals surface area (Å²) in [5, 5.41) is 11.5. The van der Waals surface area contributed by atoms with Crippen molar-refractivity contribution < 1.29 is 70.8 Å². The Labute approximate surface area is 836 Å². The Bertz CT molecular complexity index is 7180. The molecule has 0 aliphatic carbocycles. The Balaban J connectivity index is 0.000000182. The Morgan fingerprint density at radius 1 is 0.291 bits per heavy atom. The maximum Gasteiger partial charge on any atom is 0.326 e. The minimum Gasteiger partial charge on any atom is -0.464 e. The first kappa shape index (κ1) is 109. The Kier molecular flexibility index (Phi) is 38.5. The molecule has 0 fully saturated rings. The van der Waals surface area contributed by atoms with Crippen molar-refractivity contribution in [1.82, 2.24) is 9.97 Å². The maximum atomic E-state index is 13.4. The van der Waals surface area contributed by atoms with Crippen molar-refractivity contribution in [3.8, 4) is 0 Å². The monoisotopic (exact) mass is 2040 g/mol. The highest BCUT2D eigenvalue weighted by Crippen LogP contribution is 2.36. The molecule has 14 rings (SSSR count). The van der Waals surface area contributed by atoms with Crippen molar-refractivity contribution in [2.45, 2.75) is 121 Å². The number of rotatable bonds is 31. The number of carbonyl (C=O) groups excluding carboxylic acids is 5. The first-order valence-electron chi connectivity index (χ1n) is 44.4. The van der Waals surface area contributed by atoms with Gasteiger partial charge in [-0.15, -0.1) is 0 Å². The van der Waals surface area contributed by atoms with Crippen LogP contribution in [0.1, 0.15) is 80.2 Å². The maximum absolute atomic E-state index is 13.4. The van der Waals surface area contributed by atoms with Crippen molar-refractivity contribution in [3.05, 3.63) is 405 Å². The zero-order chi connectivity index (χ0) is 103. The smallest absolute Gasteiger partial charge is 0.326 e. The number of esters is 1. The van der Waals surface area contributed by atoms with Gasteiger partial charge in [0.05, 0.1) is 82.1 Å². The number of hydrogen-bond acceptors (Lipinski definition) is 18. The summed E-state index contributed by atoms with van der Waals surface area (Å²) < 4.78 is 144. The van der Waals surface area contributed by atoms with Gasteiger partial charge in [0.1, 0.15) is 37.9 Å². The minimum absolute atomic E-state index is 0.112. The quantitative estimate of drug-likeness (QED) is 0.0232. The number of nitrogens with zero attached hydrogens (tertiary/aromatic N) is 7. The number of carbonyl (C=O) groups is 5. The van der Waals surface area contributed by atoms with Crippen LogP contribution in [0.3, 0.4) is 0 Å². The van der Waals surface area contributed by atoms with E-state index in [1.807, 2.05) is 169 Å². The normalized spacial score (nSPS) is 11.1. The number of sulfonamides is 5. The Morgan fingerprint density at radius 2 is 0.574 bits per heavy atom. The van der Waals surface area contributed by atoms with Gasteiger partial charge in [-0.2, -0.15) is 0 Å². The van der Waals surface area contributed by atoms with Crippen LogP contribution in [-0.4, -0.2) is 121 Å². The summed E-state index contributed by atoms with van der Waals surface area (Å²) in [4.78, 5) is 71.7. The van der Waals surface area contributed by atoms with E-state index in [0.29, 0.717) is 62.6 Å². The zero-order valence-electron chi connectivity index (χ0n) is 80.1. The third kappa shape index (κ3) is 30.1. The topological polar surface area (TPSA) is 355 Å². The number of pyridine rings is 2. The van der Waals surface area contributed by atoms with E-state index in [-0.39, 0.29) is 69.0 Å². The van der Waals surface area contributed by atoms with Crippen LogP contribution in [-0.2, 0) is 78.8 Å². The molecule has 0 unspecified atom stereocenters. The molecule has 0 saturated heterocycles. The molecule has 734 valence electrons. The highest BCUT2D eigenvalue weighted by Gasteiger charge is 2.35. The van der Waals surface area contributed by atoms with E-state index in [0.717, 1.165) is 84.1 Å². The molecule has 0 bridgehead atoms. The van der Waals surface area contributed by atoms with Crippen LogP contribution in [0.2, 0.25) is 10.2 Å². The van der Waals surface area contributed by atoms with Crippen molar-refractivity contribution in [1.29, 1.82) is 0 Å². The summed E-state index contributed by atoms with van der Waals surface area (Å²) in [5.74, 6) is -2.40. The molecule has 0 radical (unpaired) electrons. The molecule has 0 spiro atoms. The van der Waals surface area contributed by atoms with Gasteiger partial charge in [-0.05, 0) is 284 Å². The molecular weight excluding hydrogens is 1930 g/mol. The summed E-state index contributed by atoms with van der Waals surface area (Å²) in [6, 6.07) is 88.8. The van der Waals surface area contributed by atoms with E-state index in [1.165, 1.54) is 77.2 Å². The van der Waals surface area contributed by atoms with Crippen LogP contribution in [0.25, 0.3) is 0 Å². The summed E-state index contributed by atoms with van der Waals surface area (Å²) in [7, 11) is -19.6. The number of hydrogen-bond donors (Lipinski definition) is 4. The number of halogens is 2. The predicted octanol–water partition coefficient (Wildman–Crippen LogP) is 20.7. The van der Waals surface area contributed by atoms with E-state index in [9.17, 15) is 66.1 Å². The van der Waals surface area contributed by atoms with E-state index >= 15 is 0 Å². The van der Waals surface area contributed by atoms with Gasteiger partial charge in [0.25, 0.3) is 50.1 Å². The lowest BCUT2D eigenvalue weighted by atomic mass is 10.1. The van der Waals surface area contributed by atoms with Crippen molar-refractivity contribution in [2.24, 2.45) is 0 Å². The minimum atomic E-state index is -3.95. The second-order valence-corrected chi connectivity index (χ2v) is 42.9. The van der Waals surface area contributed by atoms with Crippen LogP contribution in [0, 0.1) is 83.1 Å². The second kappa shape index (κ2) is 50.0. The molecule has 14 aromatic rings. The zero-order valence-corrected chi connectivity index (χ0v) is 85.7. The summed E-state index contributed by atoms with van der Waals surface area (Å²) in [6.45, 7) is 22.6. The van der Waals surface area contributed by atoms with Gasteiger partial charge in [0.15, 0.2) is 0 Å². The number of aromatic nitrogens is 2. The Morgan fingerprint density at radius 3 is 0.872 bits per heavy atom. The number of anilines is 9. The fourth-order valence-electron chi connectivity index (χ4n) is 14.0. The number of aryl methyl sites for hydroxylation is 12. The highest BCUT2D eigenvalue weighted by atomic mass is 35.5. The molecule has 141 heavy (non-hydrogen) atoms. The van der Waals surface area contributed by atoms with Crippen molar-refractivity contribution >= 4 is 154 Å². The largest absolute Gasteiger partial charge is 0.464 e. The number of ether oxygens (including phenoxy) is 1. The van der Waals surface area contributed by atoms with Gasteiger partial charge in [0, 0.05) is 23.3 Å². The first-order chi connectivity index (χ1) is 67.0. The van der Waals surface area contributed by atoms with Gasteiger partial charge < -0.3 is 26.0 Å². The standard InChI is InChI=1S/C23H24N2O3S.C22H21ClN2O3S.C22H23N3O3S.C21H20ClN3O3S.C19H23NO4S/c1-17-13-14-19(3)22(15-17)25(29(27,28)20-10-5-4-6-11-20)16-23(26)24-21-12-8-7-9-18(21)2;1-16-12-13-17(2)21(14-16)25(29(27,28)18-8-4-3-5-9-18)15-22(26)24-20-11-7-6-10-19(20)23;1-16-9-10-17(2)21(13-16)25(29(27,28)20-7-5-4-6-8-20)15-22(26)24-19-12-11-18(3)23-14-19;1-15-8-9-16(2)19(12-15)25(29(27,28)18-6-4-3-5-7-18)14-21(26)24-17-10-11-23-20(22)13-17;1-4-12-24-19(21)14-20(18-13-15(2)10-11-16(18)3)25(22,23)17-8-6-5-7-9-17/h4-15H,16H2,1-3H3,(H,24,26);3-14H,15H2,1-2H3,(H,24,26);4-14H,15H2,1-3H3,(H,24,26);3-13H,14H2,1-2H3,(H,23,24,26);5-11,13H,4,12,14H2,1-3H3. The van der Waals surface area contributed by atoms with Gasteiger partial charge >= 0.3 is 5.97 Å². The highest BCUT2D eigenvalue weighted by molar-refractivity contribution is 7.94. The van der Waals surface area contributed by atoms with Crippen molar-refractivity contribution in [2.75, 3.05) is 82.1 Å². The number of amides is 4. The molecule has 12 aromatic carbocycles. The molecule has 27 nitrogen and oxygen atoms in total. The molecule has 4 amide bonds. The van der Waals surface area contributed by atoms with Crippen LogP contribution in [0.15, 0.2) is 352 Å². The van der Waals surface area contributed by atoms with Gasteiger partial charge in [-0.25, -0.2) is 47.1 Å². The number of nitrogens with one attached hydrogen (secondary N) is 4. The van der Waals surface area contributed by atoms with E-state index < -0.39 is 79.7 Å². The van der Waals surface area contributed by atoms with Crippen LogP contribution < -0.4 is 42.8 Å². The molecule has 0 aliphatic rings. The predicted molar refractivity (Wildman–Crippen MR) is 561 cm³/mol. The molecule has 34 heteroatoms. The molecule has 0 aliphatic heterocycles. The number of para-hydroxylation sites is 2. The molecule has 2 heterocycles. The lowest BCUT2D eigenvalue weighted by molar-refractivity contribution is -0.141. The Hall–Kier alpha value is -14.4. The average molecular weight is 2040 g/mol. The second-order valence-electron chi connectivity index (χ2n) is 32.8. The lowest BCUT2D eigenvalue weighted by Crippen LogP contribution is -2.38. The average Bonchev–Trinajstić information content (AvgIpc) is 0.797. The van der Waals surface area contributed by atoms with Gasteiger partial charge in [-0.3, -0.25) is 50.5 Å². The third-order valence-electron chi connectivity index (χ3n) is 21.5. The third-order valence-corrected chi connectivity index (χ3v) is 30.9.